The van der Waals surface area contributed by atoms with E-state index in [-0.39, 0.29) is 0 Å². The Kier molecular flexibility index (Phi) is 6.10. The van der Waals surface area contributed by atoms with E-state index < -0.39 is 6.09 Å². The third-order valence-electron chi connectivity index (χ3n) is 2.55. The fourth-order valence-electron chi connectivity index (χ4n) is 1.49. The van der Waals surface area contributed by atoms with Crippen molar-refractivity contribution in [3.8, 4) is 5.75 Å². The lowest BCUT2D eigenvalue weighted by atomic mass is 10.3. The Morgan fingerprint density at radius 1 is 1.24 bits per heavy atom. The van der Waals surface area contributed by atoms with Crippen LogP contribution in [0.15, 0.2) is 30.3 Å². The summed E-state index contributed by atoms with van der Waals surface area (Å²) in [6.07, 6.45) is -0.400. The van der Waals surface area contributed by atoms with E-state index in [1.165, 1.54) is 0 Å². The van der Waals surface area contributed by atoms with Crippen LogP contribution in [0.25, 0.3) is 0 Å². The van der Waals surface area contributed by atoms with Crippen LogP contribution in [-0.2, 0) is 0 Å². The molecule has 0 unspecified atom stereocenters. The van der Waals surface area contributed by atoms with E-state index in [1.807, 2.05) is 18.2 Å². The van der Waals surface area contributed by atoms with E-state index in [2.05, 4.69) is 24.1 Å². The number of nitrogens with one attached hydrogen (secondary N) is 1. The topological polar surface area (TPSA) is 41.6 Å². The van der Waals surface area contributed by atoms with E-state index in [1.54, 1.807) is 12.1 Å². The Hall–Kier alpha value is -1.55. The number of para-hydroxylation sites is 1. The van der Waals surface area contributed by atoms with E-state index in [4.69, 9.17) is 4.74 Å². The molecule has 0 radical (unpaired) electrons. The van der Waals surface area contributed by atoms with Gasteiger partial charge in [-0.15, -0.1) is 0 Å². The van der Waals surface area contributed by atoms with Gasteiger partial charge in [-0.2, -0.15) is 0 Å². The summed E-state index contributed by atoms with van der Waals surface area (Å²) in [6, 6.07) is 9.05. The molecule has 0 heterocycles. The molecule has 0 aliphatic rings. The van der Waals surface area contributed by atoms with Crippen LogP contribution in [0.2, 0.25) is 0 Å². The summed E-state index contributed by atoms with van der Waals surface area (Å²) in [4.78, 5) is 13.7. The molecule has 94 valence electrons. The number of likely N-dealkylation sites (N-methyl/N-ethyl adjacent to an activating group) is 1. The van der Waals surface area contributed by atoms with Crippen molar-refractivity contribution in [2.24, 2.45) is 0 Å². The van der Waals surface area contributed by atoms with Crippen LogP contribution in [0.4, 0.5) is 4.79 Å². The number of ether oxygens (including phenoxy) is 1. The van der Waals surface area contributed by atoms with Gasteiger partial charge in [-0.25, -0.2) is 4.79 Å². The Morgan fingerprint density at radius 2 is 1.88 bits per heavy atom. The molecule has 1 N–H and O–H groups in total. The predicted molar refractivity (Wildman–Crippen MR) is 68.3 cm³/mol. The first kappa shape index (κ1) is 13.5. The molecular formula is C13H20N2O2. The second kappa shape index (κ2) is 7.68. The van der Waals surface area contributed by atoms with Crippen LogP contribution in [-0.4, -0.2) is 37.2 Å². The first-order valence-corrected chi connectivity index (χ1v) is 5.99. The zero-order valence-electron chi connectivity index (χ0n) is 10.5. The normalized spacial score (nSPS) is 10.3. The number of nitrogens with zero attached hydrogens (tertiary/aromatic N) is 1. The predicted octanol–water partition coefficient (Wildman–Crippen LogP) is 2.12. The highest BCUT2D eigenvalue weighted by molar-refractivity contribution is 5.70. The third kappa shape index (κ3) is 5.36. The van der Waals surface area contributed by atoms with Crippen molar-refractivity contribution in [2.75, 3.05) is 26.2 Å². The van der Waals surface area contributed by atoms with Gasteiger partial charge in [0.25, 0.3) is 0 Å². The molecule has 0 fully saturated rings. The van der Waals surface area contributed by atoms with Gasteiger partial charge in [-0.1, -0.05) is 32.0 Å². The maximum atomic E-state index is 11.4. The highest BCUT2D eigenvalue weighted by atomic mass is 16.5. The van der Waals surface area contributed by atoms with Crippen LogP contribution < -0.4 is 10.1 Å². The highest BCUT2D eigenvalue weighted by Gasteiger charge is 2.04. The number of benzene rings is 1. The van der Waals surface area contributed by atoms with Crippen molar-refractivity contribution >= 4 is 6.09 Å². The Bertz CT molecular complexity index is 323. The minimum Gasteiger partial charge on any atom is -0.410 e. The van der Waals surface area contributed by atoms with Crippen molar-refractivity contribution < 1.29 is 9.53 Å². The molecule has 1 aromatic rings. The molecule has 0 aromatic heterocycles. The second-order valence-electron chi connectivity index (χ2n) is 3.66. The van der Waals surface area contributed by atoms with Crippen LogP contribution in [0.1, 0.15) is 13.8 Å². The van der Waals surface area contributed by atoms with Crippen molar-refractivity contribution in [1.82, 2.24) is 10.2 Å². The maximum Gasteiger partial charge on any atom is 0.412 e. The smallest absolute Gasteiger partial charge is 0.410 e. The lowest BCUT2D eigenvalue weighted by molar-refractivity contribution is 0.197. The van der Waals surface area contributed by atoms with Crippen LogP contribution in [0, 0.1) is 0 Å². The fourth-order valence-corrected chi connectivity index (χ4v) is 1.49. The van der Waals surface area contributed by atoms with E-state index in [0.29, 0.717) is 12.3 Å². The zero-order valence-corrected chi connectivity index (χ0v) is 10.5. The summed E-state index contributed by atoms with van der Waals surface area (Å²) >= 11 is 0. The molecule has 1 aromatic carbocycles. The molecule has 0 aliphatic heterocycles. The van der Waals surface area contributed by atoms with Gasteiger partial charge < -0.3 is 15.0 Å². The third-order valence-corrected chi connectivity index (χ3v) is 2.55. The summed E-state index contributed by atoms with van der Waals surface area (Å²) in [5, 5.41) is 2.73. The lowest BCUT2D eigenvalue weighted by Crippen LogP contribution is -2.36. The summed E-state index contributed by atoms with van der Waals surface area (Å²) in [6.45, 7) is 7.64. The molecule has 1 amide bonds. The number of hydrogen-bond acceptors (Lipinski definition) is 3. The number of hydrogen-bond donors (Lipinski definition) is 1. The Balaban J connectivity index is 2.22. The lowest BCUT2D eigenvalue weighted by Gasteiger charge is -2.17. The SMILES string of the molecule is CCN(CC)CCNC(=O)Oc1ccccc1. The second-order valence-corrected chi connectivity index (χ2v) is 3.66. The van der Waals surface area contributed by atoms with E-state index in [9.17, 15) is 4.79 Å². The van der Waals surface area contributed by atoms with Crippen LogP contribution >= 0.6 is 0 Å². The Morgan fingerprint density at radius 3 is 2.47 bits per heavy atom. The average molecular weight is 236 g/mol. The first-order chi connectivity index (χ1) is 8.26. The zero-order chi connectivity index (χ0) is 12.5. The number of amides is 1. The molecular weight excluding hydrogens is 216 g/mol. The average Bonchev–Trinajstić information content (AvgIpc) is 2.36. The molecule has 4 nitrogen and oxygen atoms in total. The largest absolute Gasteiger partial charge is 0.412 e. The summed E-state index contributed by atoms with van der Waals surface area (Å²) < 4.78 is 5.09. The molecule has 17 heavy (non-hydrogen) atoms. The van der Waals surface area contributed by atoms with Crippen molar-refractivity contribution in [1.29, 1.82) is 0 Å². The minimum atomic E-state index is -0.400. The van der Waals surface area contributed by atoms with Gasteiger partial charge in [0.2, 0.25) is 0 Å². The van der Waals surface area contributed by atoms with Gasteiger partial charge in [0, 0.05) is 13.1 Å². The summed E-state index contributed by atoms with van der Waals surface area (Å²) in [5.41, 5.74) is 0. The maximum absolute atomic E-state index is 11.4. The van der Waals surface area contributed by atoms with Crippen molar-refractivity contribution in [3.63, 3.8) is 0 Å². The number of carbonyl (C=O) groups excluding carboxylic acids is 1. The molecule has 0 spiro atoms. The van der Waals surface area contributed by atoms with Crippen molar-refractivity contribution in [2.45, 2.75) is 13.8 Å². The van der Waals surface area contributed by atoms with E-state index >= 15 is 0 Å². The van der Waals surface area contributed by atoms with E-state index in [0.717, 1.165) is 19.6 Å². The van der Waals surface area contributed by atoms with Crippen LogP contribution in [0.3, 0.4) is 0 Å². The van der Waals surface area contributed by atoms with Crippen molar-refractivity contribution in [3.05, 3.63) is 30.3 Å². The van der Waals surface area contributed by atoms with Gasteiger partial charge in [-0.05, 0) is 25.2 Å². The number of rotatable bonds is 6. The quantitative estimate of drug-likeness (QED) is 0.822. The Labute approximate surface area is 103 Å². The molecule has 0 atom stereocenters. The number of carbonyl (C=O) groups is 1. The first-order valence-electron chi connectivity index (χ1n) is 5.99. The summed E-state index contributed by atoms with van der Waals surface area (Å²) in [7, 11) is 0. The van der Waals surface area contributed by atoms with Crippen LogP contribution in [0.5, 0.6) is 5.75 Å². The molecule has 0 saturated carbocycles. The minimum absolute atomic E-state index is 0.400. The molecule has 0 aliphatic carbocycles. The monoisotopic (exact) mass is 236 g/mol. The standard InChI is InChI=1S/C13H20N2O2/c1-3-15(4-2)11-10-14-13(16)17-12-8-6-5-7-9-12/h5-9H,3-4,10-11H2,1-2H3,(H,14,16). The van der Waals surface area contributed by atoms with Gasteiger partial charge in [-0.3, -0.25) is 0 Å². The molecule has 0 bridgehead atoms. The van der Waals surface area contributed by atoms with Gasteiger partial charge in [0.1, 0.15) is 5.75 Å². The highest BCUT2D eigenvalue weighted by Crippen LogP contribution is 2.07. The molecule has 0 saturated heterocycles. The molecule has 4 heteroatoms. The van der Waals surface area contributed by atoms with Gasteiger partial charge >= 0.3 is 6.09 Å². The molecule has 1 rings (SSSR count). The van der Waals surface area contributed by atoms with Gasteiger partial charge in [0.05, 0.1) is 0 Å². The summed E-state index contributed by atoms with van der Waals surface area (Å²) in [5.74, 6) is 0.563. The fraction of sp³-hybridized carbons (Fsp3) is 0.462. The van der Waals surface area contributed by atoms with Gasteiger partial charge in [0.15, 0.2) is 0 Å².